The molecular formula is C23H23N5O2. The van der Waals surface area contributed by atoms with Crippen LogP contribution in [-0.2, 0) is 4.79 Å². The van der Waals surface area contributed by atoms with E-state index >= 15 is 0 Å². The molecule has 30 heavy (non-hydrogen) atoms. The molecule has 152 valence electrons. The molecule has 0 aliphatic carbocycles. The van der Waals surface area contributed by atoms with E-state index in [0.717, 1.165) is 28.5 Å². The van der Waals surface area contributed by atoms with Gasteiger partial charge in [0.05, 0.1) is 18.2 Å². The monoisotopic (exact) mass is 401 g/mol. The fraction of sp³-hybridized carbons (Fsp3) is 0.217. The highest BCUT2D eigenvalue weighted by atomic mass is 16.5. The van der Waals surface area contributed by atoms with Crippen LogP contribution in [0.2, 0.25) is 0 Å². The number of carbonyl (C=O) groups is 1. The molecule has 0 aliphatic rings. The van der Waals surface area contributed by atoms with Crippen LogP contribution in [0, 0.1) is 0 Å². The number of nitrogens with one attached hydrogen (secondary N) is 1. The number of hydrogen-bond acceptors (Lipinski definition) is 5. The molecule has 1 amide bonds. The van der Waals surface area contributed by atoms with Gasteiger partial charge < -0.3 is 10.1 Å². The third-order valence-corrected chi connectivity index (χ3v) is 4.66. The zero-order valence-corrected chi connectivity index (χ0v) is 16.9. The number of amides is 1. The number of carbonyl (C=O) groups excluding carboxylic acids is 1. The minimum atomic E-state index is -0.301. The zero-order chi connectivity index (χ0) is 20.9. The smallest absolute Gasteiger partial charge is 0.244 e. The Morgan fingerprint density at radius 1 is 1.20 bits per heavy atom. The lowest BCUT2D eigenvalue weighted by Crippen LogP contribution is -2.26. The van der Waals surface area contributed by atoms with Crippen molar-refractivity contribution in [1.82, 2.24) is 24.9 Å². The van der Waals surface area contributed by atoms with Crippen molar-refractivity contribution in [3.8, 4) is 5.88 Å². The first kappa shape index (κ1) is 19.6. The number of hydrogen-bond donors (Lipinski definition) is 1. The molecule has 7 heteroatoms. The van der Waals surface area contributed by atoms with Gasteiger partial charge in [0, 0.05) is 23.2 Å². The lowest BCUT2D eigenvalue weighted by molar-refractivity contribution is -0.117. The number of benzene rings is 1. The third-order valence-electron chi connectivity index (χ3n) is 4.66. The third kappa shape index (κ3) is 4.15. The summed E-state index contributed by atoms with van der Waals surface area (Å²) in [6.07, 6.45) is 5.97. The number of nitrogens with zero attached hydrogens (tertiary/aromatic N) is 4. The molecule has 7 nitrogen and oxygen atoms in total. The van der Waals surface area contributed by atoms with Gasteiger partial charge in [-0.15, -0.1) is 10.2 Å². The Balaban J connectivity index is 1.53. The van der Waals surface area contributed by atoms with E-state index in [2.05, 4.69) is 20.5 Å². The first-order valence-electron chi connectivity index (χ1n) is 9.96. The quantitative estimate of drug-likeness (QED) is 0.474. The van der Waals surface area contributed by atoms with Crippen LogP contribution in [0.1, 0.15) is 37.7 Å². The second-order valence-corrected chi connectivity index (χ2v) is 6.97. The summed E-state index contributed by atoms with van der Waals surface area (Å²) in [7, 11) is 0. The highest BCUT2D eigenvalue weighted by Crippen LogP contribution is 2.24. The van der Waals surface area contributed by atoms with Gasteiger partial charge in [-0.1, -0.05) is 31.2 Å². The molecular weight excluding hydrogens is 378 g/mol. The second kappa shape index (κ2) is 8.73. The Morgan fingerprint density at radius 2 is 2.03 bits per heavy atom. The number of ether oxygens (including phenoxy) is 1. The fourth-order valence-corrected chi connectivity index (χ4v) is 3.20. The molecule has 0 bridgehead atoms. The molecule has 0 saturated carbocycles. The van der Waals surface area contributed by atoms with Gasteiger partial charge in [-0.05, 0) is 43.7 Å². The molecule has 0 spiro atoms. The average molecular weight is 401 g/mol. The van der Waals surface area contributed by atoms with Crippen LogP contribution in [0.15, 0.2) is 60.8 Å². The van der Waals surface area contributed by atoms with Gasteiger partial charge in [-0.3, -0.25) is 9.20 Å². The van der Waals surface area contributed by atoms with Crippen molar-refractivity contribution in [2.75, 3.05) is 6.61 Å². The average Bonchev–Trinajstić information content (AvgIpc) is 3.20. The van der Waals surface area contributed by atoms with Crippen LogP contribution < -0.4 is 10.1 Å². The van der Waals surface area contributed by atoms with E-state index in [0.29, 0.717) is 18.3 Å². The van der Waals surface area contributed by atoms with E-state index in [1.54, 1.807) is 6.08 Å². The summed E-state index contributed by atoms with van der Waals surface area (Å²) >= 11 is 0. The molecule has 3 heterocycles. The molecule has 0 aliphatic heterocycles. The van der Waals surface area contributed by atoms with Gasteiger partial charge in [-0.25, -0.2) is 4.98 Å². The molecule has 1 aromatic carbocycles. The Bertz CT molecular complexity index is 1210. The maximum absolute atomic E-state index is 12.5. The molecule has 0 fully saturated rings. The van der Waals surface area contributed by atoms with Crippen LogP contribution in [-0.4, -0.2) is 32.1 Å². The van der Waals surface area contributed by atoms with Gasteiger partial charge in [0.1, 0.15) is 0 Å². The highest BCUT2D eigenvalue weighted by Gasteiger charge is 2.14. The summed E-state index contributed by atoms with van der Waals surface area (Å²) in [4.78, 5) is 17.1. The predicted molar refractivity (Wildman–Crippen MR) is 116 cm³/mol. The van der Waals surface area contributed by atoms with E-state index in [1.165, 1.54) is 6.08 Å². The van der Waals surface area contributed by atoms with Gasteiger partial charge in [0.2, 0.25) is 11.8 Å². The van der Waals surface area contributed by atoms with Crippen molar-refractivity contribution in [3.05, 3.63) is 72.2 Å². The van der Waals surface area contributed by atoms with Crippen LogP contribution >= 0.6 is 0 Å². The first-order valence-corrected chi connectivity index (χ1v) is 9.96. The summed E-state index contributed by atoms with van der Waals surface area (Å²) in [5.74, 6) is 0.965. The van der Waals surface area contributed by atoms with E-state index in [9.17, 15) is 4.79 Å². The van der Waals surface area contributed by atoms with E-state index in [4.69, 9.17) is 4.74 Å². The number of fused-ring (bicyclic) bond motifs is 2. The summed E-state index contributed by atoms with van der Waals surface area (Å²) in [6, 6.07) is 15.2. The van der Waals surface area contributed by atoms with Crippen molar-refractivity contribution in [2.45, 2.75) is 26.3 Å². The van der Waals surface area contributed by atoms with Crippen molar-refractivity contribution >= 4 is 28.5 Å². The van der Waals surface area contributed by atoms with Gasteiger partial charge >= 0.3 is 0 Å². The molecule has 0 radical (unpaired) electrons. The van der Waals surface area contributed by atoms with Crippen LogP contribution in [0.4, 0.5) is 0 Å². The minimum Gasteiger partial charge on any atom is -0.477 e. The van der Waals surface area contributed by atoms with Crippen LogP contribution in [0.5, 0.6) is 5.88 Å². The predicted octanol–water partition coefficient (Wildman–Crippen LogP) is 3.96. The van der Waals surface area contributed by atoms with Crippen LogP contribution in [0.25, 0.3) is 22.6 Å². The Kier molecular flexibility index (Phi) is 5.70. The van der Waals surface area contributed by atoms with Crippen molar-refractivity contribution in [2.24, 2.45) is 0 Å². The molecule has 1 unspecified atom stereocenters. The number of pyridine rings is 2. The standard InChI is InChI=1S/C23H23N5O2/c1-3-14-30-23-18(15-17-8-4-5-9-19(17)25-23)11-12-21(29)24-16(2)22-27-26-20-10-6-7-13-28(20)22/h4-13,15-16H,3,14H2,1-2H3,(H,24,29)/b12-11+. The zero-order valence-electron chi connectivity index (χ0n) is 16.9. The molecule has 4 aromatic rings. The molecule has 3 aromatic heterocycles. The summed E-state index contributed by atoms with van der Waals surface area (Å²) in [5.41, 5.74) is 2.36. The van der Waals surface area contributed by atoms with Gasteiger partial charge in [0.25, 0.3) is 0 Å². The Hall–Kier alpha value is -3.74. The maximum atomic E-state index is 12.5. The van der Waals surface area contributed by atoms with Crippen molar-refractivity contribution < 1.29 is 9.53 Å². The lowest BCUT2D eigenvalue weighted by Gasteiger charge is -2.11. The van der Waals surface area contributed by atoms with Gasteiger partial charge in [0.15, 0.2) is 11.5 Å². The first-order chi connectivity index (χ1) is 14.7. The van der Waals surface area contributed by atoms with Crippen molar-refractivity contribution in [3.63, 3.8) is 0 Å². The largest absolute Gasteiger partial charge is 0.477 e. The lowest BCUT2D eigenvalue weighted by atomic mass is 10.1. The Labute approximate surface area is 174 Å². The summed E-state index contributed by atoms with van der Waals surface area (Å²) in [5, 5.41) is 12.2. The SMILES string of the molecule is CCCOc1nc2ccccc2cc1/C=C/C(=O)NC(C)c1nnc2ccccn12. The maximum Gasteiger partial charge on any atom is 0.244 e. The highest BCUT2D eigenvalue weighted by molar-refractivity contribution is 5.93. The van der Waals surface area contributed by atoms with E-state index in [1.807, 2.05) is 73.0 Å². The molecule has 0 saturated heterocycles. The minimum absolute atomic E-state index is 0.232. The normalized spacial score (nSPS) is 12.5. The van der Waals surface area contributed by atoms with E-state index < -0.39 is 0 Å². The molecule has 1 atom stereocenters. The second-order valence-electron chi connectivity index (χ2n) is 6.97. The topological polar surface area (TPSA) is 81.4 Å². The molecule has 1 N–H and O–H groups in total. The Morgan fingerprint density at radius 3 is 2.90 bits per heavy atom. The number of rotatable bonds is 7. The van der Waals surface area contributed by atoms with Crippen molar-refractivity contribution in [1.29, 1.82) is 0 Å². The van der Waals surface area contributed by atoms with Gasteiger partial charge in [-0.2, -0.15) is 0 Å². The fourth-order valence-electron chi connectivity index (χ4n) is 3.20. The number of aromatic nitrogens is 4. The summed E-state index contributed by atoms with van der Waals surface area (Å²) in [6.45, 7) is 4.48. The molecule has 4 rings (SSSR count). The van der Waals surface area contributed by atoms with E-state index in [-0.39, 0.29) is 11.9 Å². The van der Waals surface area contributed by atoms with Crippen LogP contribution in [0.3, 0.4) is 0 Å². The number of para-hydroxylation sites is 1. The summed E-state index contributed by atoms with van der Waals surface area (Å²) < 4.78 is 7.66.